The summed E-state index contributed by atoms with van der Waals surface area (Å²) in [5.41, 5.74) is 6.31. The Morgan fingerprint density at radius 1 is 1.29 bits per heavy atom. The van der Waals surface area contributed by atoms with E-state index in [9.17, 15) is 0 Å². The van der Waals surface area contributed by atoms with Gasteiger partial charge in [-0.1, -0.05) is 12.1 Å². The molecule has 2 aromatic rings. The van der Waals surface area contributed by atoms with Crippen LogP contribution in [0.2, 0.25) is 0 Å². The molecule has 2 rings (SSSR count). The molecule has 0 amide bonds. The lowest BCUT2D eigenvalue weighted by Gasteiger charge is -2.10. The predicted octanol–water partition coefficient (Wildman–Crippen LogP) is 2.76. The first-order chi connectivity index (χ1) is 10.1. The van der Waals surface area contributed by atoms with Gasteiger partial charge in [0.15, 0.2) is 11.5 Å². The van der Waals surface area contributed by atoms with Crippen LogP contribution in [-0.2, 0) is 6.42 Å². The number of aromatic nitrogens is 1. The third-order valence-electron chi connectivity index (χ3n) is 2.81. The first-order valence-corrected chi connectivity index (χ1v) is 7.58. The van der Waals surface area contributed by atoms with Crippen LogP contribution < -0.4 is 15.2 Å². The van der Waals surface area contributed by atoms with Crippen LogP contribution in [0.1, 0.15) is 22.5 Å². The van der Waals surface area contributed by atoms with Gasteiger partial charge in [0, 0.05) is 6.42 Å². The standard InChI is InChI=1S/C15H19N3O2S/c1-3-19-11-6-4-5-7-12(11)20-9-8-13-18-10(2)14(21-13)15(16)17/h4-7H,3,8-9H2,1-2H3,(H3,16,17). The van der Waals surface area contributed by atoms with Crippen molar-refractivity contribution in [1.29, 1.82) is 5.41 Å². The fraction of sp³-hybridized carbons (Fsp3) is 0.333. The Morgan fingerprint density at radius 2 is 1.95 bits per heavy atom. The number of ether oxygens (including phenoxy) is 2. The van der Waals surface area contributed by atoms with Gasteiger partial charge in [-0.3, -0.25) is 5.41 Å². The van der Waals surface area contributed by atoms with Crippen molar-refractivity contribution in [2.75, 3.05) is 13.2 Å². The number of amidine groups is 1. The Kier molecular flexibility index (Phi) is 5.16. The van der Waals surface area contributed by atoms with Crippen LogP contribution in [0.3, 0.4) is 0 Å². The maximum absolute atomic E-state index is 7.48. The maximum atomic E-state index is 7.48. The number of hydrogen-bond acceptors (Lipinski definition) is 5. The molecule has 21 heavy (non-hydrogen) atoms. The van der Waals surface area contributed by atoms with Gasteiger partial charge in [0.1, 0.15) is 5.84 Å². The van der Waals surface area contributed by atoms with Crippen molar-refractivity contribution in [2.45, 2.75) is 20.3 Å². The van der Waals surface area contributed by atoms with Crippen molar-refractivity contribution in [2.24, 2.45) is 5.73 Å². The molecule has 0 aliphatic heterocycles. The Labute approximate surface area is 128 Å². The van der Waals surface area contributed by atoms with E-state index in [1.54, 1.807) is 0 Å². The highest BCUT2D eigenvalue weighted by atomic mass is 32.1. The number of thiazole rings is 1. The number of para-hydroxylation sites is 2. The summed E-state index contributed by atoms with van der Waals surface area (Å²) < 4.78 is 11.3. The molecule has 0 aliphatic rings. The Bertz CT molecular complexity index is 625. The smallest absolute Gasteiger partial charge is 0.161 e. The highest BCUT2D eigenvalue weighted by Crippen LogP contribution is 2.26. The summed E-state index contributed by atoms with van der Waals surface area (Å²) in [5, 5.41) is 8.40. The van der Waals surface area contributed by atoms with Crippen molar-refractivity contribution in [3.8, 4) is 11.5 Å². The van der Waals surface area contributed by atoms with Gasteiger partial charge in [0.2, 0.25) is 0 Å². The molecule has 0 aliphatic carbocycles. The van der Waals surface area contributed by atoms with Crippen LogP contribution in [-0.4, -0.2) is 24.0 Å². The minimum Gasteiger partial charge on any atom is -0.490 e. The van der Waals surface area contributed by atoms with Gasteiger partial charge in [0.05, 0.1) is 28.8 Å². The molecule has 3 N–H and O–H groups in total. The molecule has 6 heteroatoms. The first-order valence-electron chi connectivity index (χ1n) is 6.77. The van der Waals surface area contributed by atoms with Crippen molar-refractivity contribution in [3.63, 3.8) is 0 Å². The summed E-state index contributed by atoms with van der Waals surface area (Å²) >= 11 is 1.45. The number of nitrogens with one attached hydrogen (secondary N) is 1. The normalized spacial score (nSPS) is 10.4. The van der Waals surface area contributed by atoms with Gasteiger partial charge in [-0.05, 0) is 26.0 Å². The molecule has 0 atom stereocenters. The maximum Gasteiger partial charge on any atom is 0.161 e. The number of nitrogens with zero attached hydrogens (tertiary/aromatic N) is 1. The van der Waals surface area contributed by atoms with Crippen LogP contribution >= 0.6 is 11.3 Å². The van der Waals surface area contributed by atoms with E-state index in [4.69, 9.17) is 20.6 Å². The lowest BCUT2D eigenvalue weighted by molar-refractivity contribution is 0.279. The quantitative estimate of drug-likeness (QED) is 0.609. The summed E-state index contributed by atoms with van der Waals surface area (Å²) in [4.78, 5) is 5.14. The minimum atomic E-state index is 0.0684. The largest absolute Gasteiger partial charge is 0.490 e. The number of benzene rings is 1. The molecular weight excluding hydrogens is 286 g/mol. The van der Waals surface area contributed by atoms with Crippen LogP contribution in [0.25, 0.3) is 0 Å². The first kappa shape index (κ1) is 15.3. The second-order valence-corrected chi connectivity index (χ2v) is 5.50. The fourth-order valence-electron chi connectivity index (χ4n) is 1.90. The van der Waals surface area contributed by atoms with E-state index in [0.717, 1.165) is 27.1 Å². The number of rotatable bonds is 7. The molecule has 0 saturated heterocycles. The van der Waals surface area contributed by atoms with E-state index in [1.165, 1.54) is 11.3 Å². The Hall–Kier alpha value is -2.08. The van der Waals surface area contributed by atoms with E-state index >= 15 is 0 Å². The predicted molar refractivity (Wildman–Crippen MR) is 84.7 cm³/mol. The van der Waals surface area contributed by atoms with Crippen LogP contribution in [0, 0.1) is 12.3 Å². The number of aryl methyl sites for hydroxylation is 1. The zero-order valence-corrected chi connectivity index (χ0v) is 13.0. The van der Waals surface area contributed by atoms with E-state index < -0.39 is 0 Å². The van der Waals surface area contributed by atoms with E-state index in [0.29, 0.717) is 19.6 Å². The van der Waals surface area contributed by atoms with Crippen LogP contribution in [0.5, 0.6) is 11.5 Å². The van der Waals surface area contributed by atoms with Gasteiger partial charge in [0.25, 0.3) is 0 Å². The number of nitrogens with two attached hydrogens (primary N) is 1. The SMILES string of the molecule is CCOc1ccccc1OCCc1nc(C)c(C(=N)N)s1. The van der Waals surface area contributed by atoms with E-state index in [2.05, 4.69) is 4.98 Å². The summed E-state index contributed by atoms with van der Waals surface area (Å²) in [7, 11) is 0. The van der Waals surface area contributed by atoms with Crippen molar-refractivity contribution in [3.05, 3.63) is 39.8 Å². The summed E-state index contributed by atoms with van der Waals surface area (Å²) in [6.07, 6.45) is 0.680. The molecule has 5 nitrogen and oxygen atoms in total. The van der Waals surface area contributed by atoms with Crippen molar-refractivity contribution >= 4 is 17.2 Å². The molecule has 0 radical (unpaired) electrons. The average molecular weight is 305 g/mol. The Balaban J connectivity index is 1.95. The van der Waals surface area contributed by atoms with E-state index in [1.807, 2.05) is 38.1 Å². The monoisotopic (exact) mass is 305 g/mol. The third kappa shape index (κ3) is 3.95. The Morgan fingerprint density at radius 3 is 2.52 bits per heavy atom. The summed E-state index contributed by atoms with van der Waals surface area (Å²) in [5.74, 6) is 1.55. The molecule has 0 unspecified atom stereocenters. The van der Waals surface area contributed by atoms with Gasteiger partial charge < -0.3 is 15.2 Å². The van der Waals surface area contributed by atoms with Gasteiger partial charge in [-0.2, -0.15) is 0 Å². The molecule has 112 valence electrons. The number of hydrogen-bond donors (Lipinski definition) is 2. The molecule has 0 spiro atoms. The molecule has 0 bridgehead atoms. The molecule has 0 saturated carbocycles. The molecule has 0 fully saturated rings. The topological polar surface area (TPSA) is 81.2 Å². The van der Waals surface area contributed by atoms with Crippen LogP contribution in [0.4, 0.5) is 0 Å². The van der Waals surface area contributed by atoms with Crippen molar-refractivity contribution < 1.29 is 9.47 Å². The number of nitrogen functional groups attached to an aromatic ring is 1. The highest BCUT2D eigenvalue weighted by Gasteiger charge is 2.10. The van der Waals surface area contributed by atoms with Crippen molar-refractivity contribution in [1.82, 2.24) is 4.98 Å². The zero-order valence-electron chi connectivity index (χ0n) is 12.2. The third-order valence-corrected chi connectivity index (χ3v) is 4.06. The lowest BCUT2D eigenvalue weighted by atomic mass is 10.3. The van der Waals surface area contributed by atoms with Gasteiger partial charge in [-0.15, -0.1) is 11.3 Å². The molecular formula is C15H19N3O2S. The fourth-order valence-corrected chi connectivity index (χ4v) is 2.81. The molecule has 1 aromatic heterocycles. The second kappa shape index (κ2) is 7.08. The highest BCUT2D eigenvalue weighted by molar-refractivity contribution is 7.13. The zero-order chi connectivity index (χ0) is 15.2. The van der Waals surface area contributed by atoms with Crippen LogP contribution in [0.15, 0.2) is 24.3 Å². The van der Waals surface area contributed by atoms with Gasteiger partial charge in [-0.25, -0.2) is 4.98 Å². The average Bonchev–Trinajstić information content (AvgIpc) is 2.82. The molecule has 1 aromatic carbocycles. The second-order valence-electron chi connectivity index (χ2n) is 4.41. The summed E-state index contributed by atoms with van der Waals surface area (Å²) in [6, 6.07) is 7.61. The summed E-state index contributed by atoms with van der Waals surface area (Å²) in [6.45, 7) is 4.92. The molecule has 1 heterocycles. The minimum absolute atomic E-state index is 0.0684. The van der Waals surface area contributed by atoms with E-state index in [-0.39, 0.29) is 5.84 Å². The lowest BCUT2D eigenvalue weighted by Crippen LogP contribution is -2.10. The van der Waals surface area contributed by atoms with Gasteiger partial charge >= 0.3 is 0 Å².